The van der Waals surface area contributed by atoms with Gasteiger partial charge >= 0.3 is 0 Å². The fraction of sp³-hybridized carbons (Fsp3) is 0.515. The number of benzene rings is 2. The van der Waals surface area contributed by atoms with Crippen molar-refractivity contribution < 1.29 is 18.8 Å². The van der Waals surface area contributed by atoms with E-state index in [-0.39, 0.29) is 23.3 Å². The molecule has 0 saturated carbocycles. The highest BCUT2D eigenvalue weighted by molar-refractivity contribution is 6.09. The largest absolute Gasteiger partial charge is 0.366 e. The lowest BCUT2D eigenvalue weighted by Gasteiger charge is -2.38. The first-order valence-electron chi connectivity index (χ1n) is 15.6. The number of aldehydes is 1. The van der Waals surface area contributed by atoms with E-state index in [1.165, 1.54) is 50.7 Å². The summed E-state index contributed by atoms with van der Waals surface area (Å²) in [5, 5.41) is 11.5. The molecule has 0 radical (unpaired) electrons. The number of piperidine rings is 1. The number of nitrogens with zero attached hydrogens (tertiary/aromatic N) is 4. The van der Waals surface area contributed by atoms with Crippen LogP contribution in [0.4, 0.5) is 4.39 Å². The molecule has 3 heterocycles. The topological polar surface area (TPSA) is 126 Å². The van der Waals surface area contributed by atoms with Gasteiger partial charge in [0, 0.05) is 82.2 Å². The van der Waals surface area contributed by atoms with Crippen molar-refractivity contribution in [2.24, 2.45) is 11.7 Å². The highest BCUT2D eigenvalue weighted by Crippen LogP contribution is 2.16. The van der Waals surface area contributed by atoms with Crippen molar-refractivity contribution in [3.05, 3.63) is 70.5 Å². The first-order valence-corrected chi connectivity index (χ1v) is 15.6. The van der Waals surface area contributed by atoms with Crippen LogP contribution in [0.5, 0.6) is 0 Å². The summed E-state index contributed by atoms with van der Waals surface area (Å²) in [7, 11) is 2.13. The van der Waals surface area contributed by atoms with E-state index in [1.54, 1.807) is 24.3 Å². The van der Waals surface area contributed by atoms with Crippen molar-refractivity contribution in [2.45, 2.75) is 19.3 Å². The molecule has 0 bridgehead atoms. The zero-order valence-corrected chi connectivity index (χ0v) is 25.8. The minimum atomic E-state index is -0.608. The summed E-state index contributed by atoms with van der Waals surface area (Å²) >= 11 is 0. The zero-order valence-electron chi connectivity index (χ0n) is 25.8. The Morgan fingerprint density at radius 3 is 2.23 bits per heavy atom. The molecule has 44 heavy (non-hydrogen) atoms. The molecular weight excluding hydrogens is 561 g/mol. The Labute approximate surface area is 259 Å². The third kappa shape index (κ3) is 9.75. The number of amides is 2. The average molecular weight is 608 g/mol. The molecule has 3 fully saturated rings. The van der Waals surface area contributed by atoms with Gasteiger partial charge < -0.3 is 31.2 Å². The standard InChI is InChI=1S/C17H33N5O.C16H13FN2O2/c1-19-6-12-22(13-7-19)17(23)15-21-10-8-20(9-11-21)14-16-2-4-18-5-3-16;17-14-6-5-10(7-11(14)9-20)8-15(18)12-3-1-2-4-13(12)16(19)21/h16,18H,2-15H2,1H3;1-7,9,18H,8H2,(H2,19,21). The number of nitrogens with one attached hydrogen (secondary N) is 2. The van der Waals surface area contributed by atoms with Gasteiger partial charge in [0.15, 0.2) is 6.29 Å². The van der Waals surface area contributed by atoms with Gasteiger partial charge in [0.25, 0.3) is 0 Å². The Morgan fingerprint density at radius 1 is 0.955 bits per heavy atom. The lowest BCUT2D eigenvalue weighted by molar-refractivity contribution is -0.134. The summed E-state index contributed by atoms with van der Waals surface area (Å²) in [6.45, 7) is 12.4. The van der Waals surface area contributed by atoms with Gasteiger partial charge in [0.2, 0.25) is 11.8 Å². The molecule has 4 N–H and O–H groups in total. The predicted octanol–water partition coefficient (Wildman–Crippen LogP) is 1.73. The number of carbonyl (C=O) groups is 3. The van der Waals surface area contributed by atoms with Gasteiger partial charge in [-0.05, 0) is 62.7 Å². The maximum absolute atomic E-state index is 13.3. The summed E-state index contributed by atoms with van der Waals surface area (Å²) in [5.74, 6) is -0.0134. The van der Waals surface area contributed by atoms with Crippen molar-refractivity contribution in [3.8, 4) is 0 Å². The molecule has 3 saturated heterocycles. The summed E-state index contributed by atoms with van der Waals surface area (Å²) < 4.78 is 13.3. The van der Waals surface area contributed by atoms with Crippen LogP contribution in [0.2, 0.25) is 0 Å². The number of nitrogens with two attached hydrogens (primary N) is 1. The summed E-state index contributed by atoms with van der Waals surface area (Å²) in [6.07, 6.45) is 3.25. The number of carbonyl (C=O) groups excluding carboxylic acids is 3. The monoisotopic (exact) mass is 607 g/mol. The number of hydrogen-bond donors (Lipinski definition) is 3. The molecule has 0 aromatic heterocycles. The number of rotatable bonds is 9. The second-order valence-electron chi connectivity index (χ2n) is 12.0. The second-order valence-corrected chi connectivity index (χ2v) is 12.0. The summed E-state index contributed by atoms with van der Waals surface area (Å²) in [5.41, 5.74) is 6.71. The number of likely N-dealkylation sites (N-methyl/N-ethyl adjacent to an activating group) is 1. The Kier molecular flexibility index (Phi) is 12.5. The average Bonchev–Trinajstić information content (AvgIpc) is 3.04. The first kappa shape index (κ1) is 33.4. The molecule has 3 aliphatic heterocycles. The third-order valence-corrected chi connectivity index (χ3v) is 8.74. The van der Waals surface area contributed by atoms with Crippen LogP contribution in [-0.2, 0) is 11.2 Å². The van der Waals surface area contributed by atoms with Crippen LogP contribution in [0, 0.1) is 17.1 Å². The quantitative estimate of drug-likeness (QED) is 0.293. The van der Waals surface area contributed by atoms with Crippen molar-refractivity contribution in [2.75, 3.05) is 85.6 Å². The van der Waals surface area contributed by atoms with E-state index in [9.17, 15) is 18.8 Å². The van der Waals surface area contributed by atoms with E-state index < -0.39 is 11.7 Å². The van der Waals surface area contributed by atoms with Crippen LogP contribution < -0.4 is 11.1 Å². The third-order valence-electron chi connectivity index (χ3n) is 8.74. The SMILES string of the molecule is CN1CCN(C(=O)CN2CCN(CC3CCNCC3)CC2)CC1.N=C(Cc1ccc(F)c(C=O)c1)c1ccccc1C(N)=O. The van der Waals surface area contributed by atoms with Crippen molar-refractivity contribution >= 4 is 23.8 Å². The maximum atomic E-state index is 13.3. The molecular formula is C33H46FN7O3. The van der Waals surface area contributed by atoms with Crippen LogP contribution in [-0.4, -0.2) is 129 Å². The Bertz CT molecular complexity index is 1280. The second kappa shape index (κ2) is 16.5. The van der Waals surface area contributed by atoms with Gasteiger partial charge in [-0.25, -0.2) is 4.39 Å². The molecule has 2 amide bonds. The van der Waals surface area contributed by atoms with Crippen LogP contribution >= 0.6 is 0 Å². The van der Waals surface area contributed by atoms with Crippen LogP contribution in [0.25, 0.3) is 0 Å². The van der Waals surface area contributed by atoms with Gasteiger partial charge in [0.1, 0.15) is 5.82 Å². The van der Waals surface area contributed by atoms with E-state index in [2.05, 4.69) is 27.1 Å². The minimum Gasteiger partial charge on any atom is -0.366 e. The Morgan fingerprint density at radius 2 is 1.59 bits per heavy atom. The minimum absolute atomic E-state index is 0.0523. The fourth-order valence-corrected chi connectivity index (χ4v) is 5.96. The predicted molar refractivity (Wildman–Crippen MR) is 170 cm³/mol. The van der Waals surface area contributed by atoms with E-state index in [0.29, 0.717) is 29.9 Å². The molecule has 5 rings (SSSR count). The molecule has 11 heteroatoms. The van der Waals surface area contributed by atoms with E-state index in [0.717, 1.165) is 58.3 Å². The van der Waals surface area contributed by atoms with E-state index in [4.69, 9.17) is 11.1 Å². The van der Waals surface area contributed by atoms with Crippen molar-refractivity contribution in [1.82, 2.24) is 24.9 Å². The summed E-state index contributed by atoms with van der Waals surface area (Å²) in [4.78, 5) is 43.8. The number of primary amides is 1. The molecule has 2 aromatic carbocycles. The normalized spacial score (nSPS) is 18.7. The lowest BCUT2D eigenvalue weighted by atomic mass is 9.97. The number of halogens is 1. The van der Waals surface area contributed by atoms with Gasteiger partial charge in [-0.3, -0.25) is 19.3 Å². The summed E-state index contributed by atoms with van der Waals surface area (Å²) in [6, 6.07) is 10.6. The molecule has 2 aromatic rings. The smallest absolute Gasteiger partial charge is 0.249 e. The molecule has 238 valence electrons. The number of piperazine rings is 2. The molecule has 0 atom stereocenters. The molecule has 3 aliphatic rings. The van der Waals surface area contributed by atoms with Crippen LogP contribution in [0.3, 0.4) is 0 Å². The highest BCUT2D eigenvalue weighted by atomic mass is 19.1. The fourth-order valence-electron chi connectivity index (χ4n) is 5.96. The molecule has 10 nitrogen and oxygen atoms in total. The zero-order chi connectivity index (χ0) is 31.5. The maximum Gasteiger partial charge on any atom is 0.249 e. The van der Waals surface area contributed by atoms with Crippen LogP contribution in [0.15, 0.2) is 42.5 Å². The highest BCUT2D eigenvalue weighted by Gasteiger charge is 2.25. The van der Waals surface area contributed by atoms with Crippen molar-refractivity contribution in [1.29, 1.82) is 5.41 Å². The van der Waals surface area contributed by atoms with Gasteiger partial charge in [-0.2, -0.15) is 0 Å². The first-order chi connectivity index (χ1) is 21.2. The van der Waals surface area contributed by atoms with Gasteiger partial charge in [-0.15, -0.1) is 0 Å². The molecule has 0 spiro atoms. The van der Waals surface area contributed by atoms with E-state index >= 15 is 0 Å². The van der Waals surface area contributed by atoms with Crippen molar-refractivity contribution in [3.63, 3.8) is 0 Å². The Hall–Kier alpha value is -3.51. The van der Waals surface area contributed by atoms with Gasteiger partial charge in [0.05, 0.1) is 12.1 Å². The number of hydrogen-bond acceptors (Lipinski definition) is 8. The van der Waals surface area contributed by atoms with E-state index in [1.807, 2.05) is 4.90 Å². The van der Waals surface area contributed by atoms with Crippen LogP contribution in [0.1, 0.15) is 44.7 Å². The van der Waals surface area contributed by atoms with Gasteiger partial charge in [-0.1, -0.05) is 24.3 Å². The molecule has 0 aliphatic carbocycles. The Balaban J connectivity index is 0.000000202. The lowest BCUT2D eigenvalue weighted by Crippen LogP contribution is -2.53. The molecule has 0 unspecified atom stereocenters.